The van der Waals surface area contributed by atoms with Crippen molar-refractivity contribution in [1.82, 2.24) is 4.98 Å². The van der Waals surface area contributed by atoms with E-state index >= 15 is 0 Å². The number of rotatable bonds is 3. The number of anilines is 2. The number of nitrogens with zero attached hydrogens (tertiary/aromatic N) is 2. The summed E-state index contributed by atoms with van der Waals surface area (Å²) < 4.78 is 0. The molecule has 4 heteroatoms. The van der Waals surface area contributed by atoms with Crippen molar-refractivity contribution in [2.24, 2.45) is 5.84 Å². The number of pyridine rings is 1. The number of hydrogen-bond acceptors (Lipinski definition) is 4. The maximum absolute atomic E-state index is 5.52. The molecule has 0 bridgehead atoms. The van der Waals surface area contributed by atoms with Gasteiger partial charge in [0.05, 0.1) is 0 Å². The summed E-state index contributed by atoms with van der Waals surface area (Å²) in [5.41, 5.74) is 6.53. The van der Waals surface area contributed by atoms with Gasteiger partial charge in [0.25, 0.3) is 0 Å². The van der Waals surface area contributed by atoms with Gasteiger partial charge >= 0.3 is 0 Å². The number of nitrogens with two attached hydrogens (primary N) is 1. The van der Waals surface area contributed by atoms with Crippen molar-refractivity contribution < 1.29 is 0 Å². The maximum atomic E-state index is 5.52. The molecule has 1 atom stereocenters. The number of hydrogen-bond donors (Lipinski definition) is 2. The Balaban J connectivity index is 1.91. The van der Waals surface area contributed by atoms with Crippen LogP contribution >= 0.6 is 0 Å². The zero-order valence-electron chi connectivity index (χ0n) is 11.0. The summed E-state index contributed by atoms with van der Waals surface area (Å²) in [4.78, 5) is 6.67. The van der Waals surface area contributed by atoms with E-state index in [1.165, 1.54) is 11.3 Å². The Hall–Kier alpha value is -2.07. The summed E-state index contributed by atoms with van der Waals surface area (Å²) in [5, 5.41) is 0. The van der Waals surface area contributed by atoms with Crippen LogP contribution in [-0.2, 0) is 13.0 Å². The van der Waals surface area contributed by atoms with Crippen LogP contribution in [0.15, 0.2) is 42.6 Å². The number of nitrogen functional groups attached to an aromatic ring is 1. The highest BCUT2D eigenvalue weighted by molar-refractivity contribution is 5.60. The van der Waals surface area contributed by atoms with Crippen molar-refractivity contribution in [3.8, 4) is 0 Å². The third-order valence-electron chi connectivity index (χ3n) is 3.72. The minimum Gasteiger partial charge on any atom is -0.364 e. The first-order valence-corrected chi connectivity index (χ1v) is 6.54. The molecule has 1 unspecified atom stereocenters. The molecule has 19 heavy (non-hydrogen) atoms. The fourth-order valence-electron chi connectivity index (χ4n) is 2.75. The number of hydrazine groups is 1. The van der Waals surface area contributed by atoms with Crippen molar-refractivity contribution in [3.63, 3.8) is 0 Å². The predicted molar refractivity (Wildman–Crippen MR) is 77.8 cm³/mol. The van der Waals surface area contributed by atoms with E-state index in [0.29, 0.717) is 6.04 Å². The second-order valence-electron chi connectivity index (χ2n) is 4.97. The Morgan fingerprint density at radius 3 is 3.00 bits per heavy atom. The molecular weight excluding hydrogens is 236 g/mol. The van der Waals surface area contributed by atoms with Crippen molar-refractivity contribution in [2.75, 3.05) is 10.3 Å². The van der Waals surface area contributed by atoms with Gasteiger partial charge in [-0.05, 0) is 31.0 Å². The van der Waals surface area contributed by atoms with Crippen molar-refractivity contribution >= 4 is 11.5 Å². The van der Waals surface area contributed by atoms with Gasteiger partial charge in [0.1, 0.15) is 5.82 Å². The molecule has 3 rings (SSSR count). The lowest BCUT2D eigenvalue weighted by Gasteiger charge is -2.25. The standard InChI is InChI=1S/C15H18N4/c1-11-9-12-5-2-3-7-14(12)19(11)10-13-6-4-8-17-15(13)18-16/h2-8,11H,9-10,16H2,1H3,(H,17,18). The maximum Gasteiger partial charge on any atom is 0.144 e. The van der Waals surface area contributed by atoms with Crippen LogP contribution in [0.4, 0.5) is 11.5 Å². The number of nitrogens with one attached hydrogen (secondary N) is 1. The van der Waals surface area contributed by atoms with Crippen LogP contribution in [0.3, 0.4) is 0 Å². The fraction of sp³-hybridized carbons (Fsp3) is 0.267. The van der Waals surface area contributed by atoms with Crippen molar-refractivity contribution in [3.05, 3.63) is 53.7 Å². The Morgan fingerprint density at radius 2 is 2.16 bits per heavy atom. The second-order valence-corrected chi connectivity index (χ2v) is 4.97. The monoisotopic (exact) mass is 254 g/mol. The van der Waals surface area contributed by atoms with Gasteiger partial charge in [-0.1, -0.05) is 24.3 Å². The van der Waals surface area contributed by atoms with Gasteiger partial charge in [-0.15, -0.1) is 0 Å². The molecule has 1 aromatic heterocycles. The van der Waals surface area contributed by atoms with Gasteiger partial charge in [-0.3, -0.25) is 0 Å². The molecule has 1 aliphatic heterocycles. The van der Waals surface area contributed by atoms with Crippen LogP contribution in [0.5, 0.6) is 0 Å². The van der Waals surface area contributed by atoms with E-state index in [4.69, 9.17) is 5.84 Å². The average Bonchev–Trinajstić information content (AvgIpc) is 2.76. The smallest absolute Gasteiger partial charge is 0.144 e. The first-order valence-electron chi connectivity index (χ1n) is 6.54. The normalized spacial score (nSPS) is 17.4. The first-order chi connectivity index (χ1) is 9.29. The predicted octanol–water partition coefficient (Wildman–Crippen LogP) is 2.32. The SMILES string of the molecule is CC1Cc2ccccc2N1Cc1cccnc1NN. The molecule has 3 N–H and O–H groups in total. The van der Waals surface area contributed by atoms with Gasteiger partial charge < -0.3 is 10.3 Å². The largest absolute Gasteiger partial charge is 0.364 e. The van der Waals surface area contributed by atoms with Crippen LogP contribution < -0.4 is 16.2 Å². The van der Waals surface area contributed by atoms with Gasteiger partial charge in [0.15, 0.2) is 0 Å². The Bertz CT molecular complexity index is 582. The topological polar surface area (TPSA) is 54.2 Å². The molecule has 4 nitrogen and oxygen atoms in total. The minimum atomic E-state index is 0.503. The second kappa shape index (κ2) is 4.90. The van der Waals surface area contributed by atoms with Crippen LogP contribution in [0, 0.1) is 0 Å². The molecule has 0 amide bonds. The number of aromatic nitrogens is 1. The summed E-state index contributed by atoms with van der Waals surface area (Å²) in [6, 6.07) is 13.1. The van der Waals surface area contributed by atoms with Crippen LogP contribution in [-0.4, -0.2) is 11.0 Å². The van der Waals surface area contributed by atoms with E-state index in [2.05, 4.69) is 52.6 Å². The lowest BCUT2D eigenvalue weighted by atomic mass is 10.1. The fourth-order valence-corrected chi connectivity index (χ4v) is 2.75. The van der Waals surface area contributed by atoms with Gasteiger partial charge in [-0.25, -0.2) is 10.8 Å². The summed E-state index contributed by atoms with van der Waals surface area (Å²) >= 11 is 0. The highest BCUT2D eigenvalue weighted by Crippen LogP contribution is 2.33. The Kier molecular flexibility index (Phi) is 3.09. The van der Waals surface area contributed by atoms with Crippen molar-refractivity contribution in [2.45, 2.75) is 25.9 Å². The lowest BCUT2D eigenvalue weighted by Crippen LogP contribution is -2.29. The molecule has 0 spiro atoms. The van der Waals surface area contributed by atoms with E-state index in [1.54, 1.807) is 6.20 Å². The average molecular weight is 254 g/mol. The van der Waals surface area contributed by atoms with Gasteiger partial charge in [0.2, 0.25) is 0 Å². The molecule has 1 aromatic carbocycles. The third kappa shape index (κ3) is 2.15. The van der Waals surface area contributed by atoms with Crippen LogP contribution in [0.25, 0.3) is 0 Å². The third-order valence-corrected chi connectivity index (χ3v) is 3.72. The summed E-state index contributed by atoms with van der Waals surface area (Å²) in [7, 11) is 0. The molecule has 0 saturated carbocycles. The zero-order chi connectivity index (χ0) is 13.2. The van der Waals surface area contributed by atoms with Crippen LogP contribution in [0.1, 0.15) is 18.1 Å². The lowest BCUT2D eigenvalue weighted by molar-refractivity contribution is 0.672. The molecule has 1 aliphatic rings. The van der Waals surface area contributed by atoms with Crippen LogP contribution in [0.2, 0.25) is 0 Å². The number of benzene rings is 1. The number of para-hydroxylation sites is 1. The van der Waals surface area contributed by atoms with E-state index < -0.39 is 0 Å². The molecule has 0 fully saturated rings. The van der Waals surface area contributed by atoms with E-state index in [-0.39, 0.29) is 0 Å². The van der Waals surface area contributed by atoms with E-state index in [0.717, 1.165) is 24.3 Å². The Morgan fingerprint density at radius 1 is 1.32 bits per heavy atom. The van der Waals surface area contributed by atoms with E-state index in [1.807, 2.05) is 6.07 Å². The minimum absolute atomic E-state index is 0.503. The molecule has 0 saturated heterocycles. The van der Waals surface area contributed by atoms with Gasteiger partial charge in [0, 0.05) is 30.0 Å². The molecule has 2 heterocycles. The van der Waals surface area contributed by atoms with Crippen molar-refractivity contribution in [1.29, 1.82) is 0 Å². The molecule has 98 valence electrons. The highest BCUT2D eigenvalue weighted by atomic mass is 15.3. The summed E-state index contributed by atoms with van der Waals surface area (Å²) in [5.74, 6) is 6.27. The zero-order valence-corrected chi connectivity index (χ0v) is 11.0. The molecule has 2 aromatic rings. The molecule has 0 aliphatic carbocycles. The highest BCUT2D eigenvalue weighted by Gasteiger charge is 2.25. The van der Waals surface area contributed by atoms with Gasteiger partial charge in [-0.2, -0.15) is 0 Å². The summed E-state index contributed by atoms with van der Waals surface area (Å²) in [6.07, 6.45) is 2.85. The quantitative estimate of drug-likeness (QED) is 0.652. The summed E-state index contributed by atoms with van der Waals surface area (Å²) in [6.45, 7) is 3.08. The first kappa shape index (κ1) is 12.0. The van der Waals surface area contributed by atoms with E-state index in [9.17, 15) is 0 Å². The molecule has 0 radical (unpaired) electrons. The number of fused-ring (bicyclic) bond motifs is 1. The molecular formula is C15H18N4. The Labute approximate surface area is 113 Å².